The second-order valence-electron chi connectivity index (χ2n) is 5.77. The van der Waals surface area contributed by atoms with Crippen LogP contribution in [0.2, 0.25) is 0 Å². The van der Waals surface area contributed by atoms with Crippen LogP contribution in [-0.2, 0) is 11.3 Å². The number of aromatic nitrogens is 1. The number of carbonyl (C=O) groups excluding carboxylic acids is 1. The Morgan fingerprint density at radius 1 is 1.19 bits per heavy atom. The van der Waals surface area contributed by atoms with Crippen LogP contribution in [0.15, 0.2) is 41.9 Å². The van der Waals surface area contributed by atoms with E-state index in [0.29, 0.717) is 5.92 Å². The molecule has 2 aliphatic rings. The summed E-state index contributed by atoms with van der Waals surface area (Å²) in [5.74, 6) is 0.899. The van der Waals surface area contributed by atoms with E-state index in [1.54, 1.807) is 11.3 Å². The minimum absolute atomic E-state index is 0.158. The molecule has 0 saturated carbocycles. The summed E-state index contributed by atoms with van der Waals surface area (Å²) in [6, 6.07) is 10.0. The van der Waals surface area contributed by atoms with Gasteiger partial charge in [0.1, 0.15) is 5.01 Å². The molecule has 4 rings (SSSR count). The first-order valence-corrected chi connectivity index (χ1v) is 8.16. The Morgan fingerprint density at radius 3 is 2.76 bits per heavy atom. The van der Waals surface area contributed by atoms with Crippen LogP contribution in [0.3, 0.4) is 0 Å². The zero-order chi connectivity index (χ0) is 14.2. The normalized spacial score (nSPS) is 25.5. The molecule has 2 aliphatic heterocycles. The van der Waals surface area contributed by atoms with Crippen molar-refractivity contribution in [3.63, 3.8) is 0 Å². The molecule has 2 fully saturated rings. The Bertz CT molecular complexity index is 628. The molecule has 1 aromatic heterocycles. The second kappa shape index (κ2) is 5.24. The number of rotatable bonds is 3. The van der Waals surface area contributed by atoms with Crippen LogP contribution in [0, 0.1) is 11.8 Å². The number of likely N-dealkylation sites (tertiary alicyclic amines) is 1. The van der Waals surface area contributed by atoms with Crippen molar-refractivity contribution in [3.05, 3.63) is 46.9 Å². The third kappa shape index (κ3) is 2.36. The number of amides is 1. The van der Waals surface area contributed by atoms with Crippen molar-refractivity contribution in [2.75, 3.05) is 24.5 Å². The van der Waals surface area contributed by atoms with E-state index in [9.17, 15) is 4.79 Å². The standard InChI is InChI=1S/C16H17N3OS/c20-16-14-10-18(11-15-17-6-7-21-15)8-12(14)9-19(16)13-4-2-1-3-5-13/h1-7,12,14H,8-11H2. The Balaban J connectivity index is 1.45. The van der Waals surface area contributed by atoms with Crippen LogP contribution in [0.5, 0.6) is 0 Å². The average Bonchev–Trinajstić information content (AvgIpc) is 3.20. The molecule has 0 aliphatic carbocycles. The number of nitrogens with zero attached hydrogens (tertiary/aromatic N) is 3. The van der Waals surface area contributed by atoms with E-state index in [0.717, 1.165) is 36.9 Å². The molecule has 3 heterocycles. The molecular formula is C16H17N3OS. The molecule has 0 spiro atoms. The largest absolute Gasteiger partial charge is 0.312 e. The van der Waals surface area contributed by atoms with Gasteiger partial charge in [-0.05, 0) is 12.1 Å². The van der Waals surface area contributed by atoms with Crippen molar-refractivity contribution in [2.24, 2.45) is 11.8 Å². The van der Waals surface area contributed by atoms with Crippen molar-refractivity contribution in [2.45, 2.75) is 6.54 Å². The third-order valence-electron chi connectivity index (χ3n) is 4.43. The monoisotopic (exact) mass is 299 g/mol. The van der Waals surface area contributed by atoms with Crippen molar-refractivity contribution >= 4 is 22.9 Å². The number of fused-ring (bicyclic) bond motifs is 1. The predicted molar refractivity (Wildman–Crippen MR) is 83.2 cm³/mol. The van der Waals surface area contributed by atoms with Crippen molar-refractivity contribution in [1.82, 2.24) is 9.88 Å². The lowest BCUT2D eigenvalue weighted by molar-refractivity contribution is -0.120. The second-order valence-corrected chi connectivity index (χ2v) is 6.75. The molecule has 2 aromatic rings. The first kappa shape index (κ1) is 13.0. The minimum atomic E-state index is 0.158. The highest BCUT2D eigenvalue weighted by Gasteiger charge is 2.46. The first-order valence-electron chi connectivity index (χ1n) is 7.28. The molecule has 1 aromatic carbocycles. The smallest absolute Gasteiger partial charge is 0.231 e. The van der Waals surface area contributed by atoms with Gasteiger partial charge >= 0.3 is 0 Å². The van der Waals surface area contributed by atoms with E-state index < -0.39 is 0 Å². The van der Waals surface area contributed by atoms with Gasteiger partial charge in [0.25, 0.3) is 0 Å². The highest BCUT2D eigenvalue weighted by atomic mass is 32.1. The molecule has 2 unspecified atom stereocenters. The molecule has 2 atom stereocenters. The number of carbonyl (C=O) groups is 1. The van der Waals surface area contributed by atoms with Gasteiger partial charge in [-0.15, -0.1) is 11.3 Å². The number of para-hydroxylation sites is 1. The fraction of sp³-hybridized carbons (Fsp3) is 0.375. The lowest BCUT2D eigenvalue weighted by Crippen LogP contribution is -2.32. The maximum Gasteiger partial charge on any atom is 0.231 e. The summed E-state index contributed by atoms with van der Waals surface area (Å²) in [4.78, 5) is 21.3. The lowest BCUT2D eigenvalue weighted by Gasteiger charge is -2.21. The number of thiazole rings is 1. The van der Waals surface area contributed by atoms with Gasteiger partial charge in [0.2, 0.25) is 5.91 Å². The van der Waals surface area contributed by atoms with Crippen LogP contribution in [0.4, 0.5) is 5.69 Å². The predicted octanol–water partition coefficient (Wildman–Crippen LogP) is 2.24. The maximum absolute atomic E-state index is 12.6. The van der Waals surface area contributed by atoms with Gasteiger partial charge < -0.3 is 4.90 Å². The van der Waals surface area contributed by atoms with Gasteiger partial charge in [0, 0.05) is 42.8 Å². The molecule has 0 radical (unpaired) electrons. The number of hydrogen-bond acceptors (Lipinski definition) is 4. The van der Waals surface area contributed by atoms with Gasteiger partial charge in [0.15, 0.2) is 0 Å². The van der Waals surface area contributed by atoms with E-state index in [4.69, 9.17) is 0 Å². The van der Waals surface area contributed by atoms with E-state index in [1.807, 2.05) is 46.8 Å². The summed E-state index contributed by atoms with van der Waals surface area (Å²) in [5, 5.41) is 3.15. The van der Waals surface area contributed by atoms with Crippen molar-refractivity contribution in [3.8, 4) is 0 Å². The van der Waals surface area contributed by atoms with Gasteiger partial charge in [0.05, 0.1) is 12.5 Å². The van der Waals surface area contributed by atoms with Crippen LogP contribution >= 0.6 is 11.3 Å². The minimum Gasteiger partial charge on any atom is -0.312 e. The third-order valence-corrected chi connectivity index (χ3v) is 5.19. The first-order chi connectivity index (χ1) is 10.3. The zero-order valence-electron chi connectivity index (χ0n) is 11.7. The molecule has 0 bridgehead atoms. The lowest BCUT2D eigenvalue weighted by atomic mass is 10.0. The van der Waals surface area contributed by atoms with Gasteiger partial charge in [-0.1, -0.05) is 18.2 Å². The summed E-state index contributed by atoms with van der Waals surface area (Å²) in [6.07, 6.45) is 1.85. The Morgan fingerprint density at radius 2 is 2.05 bits per heavy atom. The molecular weight excluding hydrogens is 282 g/mol. The highest BCUT2D eigenvalue weighted by molar-refractivity contribution is 7.09. The van der Waals surface area contributed by atoms with E-state index in [1.165, 1.54) is 0 Å². The quantitative estimate of drug-likeness (QED) is 0.872. The number of hydrogen-bond donors (Lipinski definition) is 0. The van der Waals surface area contributed by atoms with Crippen LogP contribution in [0.25, 0.3) is 0 Å². The van der Waals surface area contributed by atoms with Gasteiger partial charge in [-0.25, -0.2) is 4.98 Å². The van der Waals surface area contributed by atoms with E-state index in [-0.39, 0.29) is 11.8 Å². The van der Waals surface area contributed by atoms with Crippen molar-refractivity contribution < 1.29 is 4.79 Å². The zero-order valence-corrected chi connectivity index (χ0v) is 12.5. The molecule has 0 N–H and O–H groups in total. The molecule has 21 heavy (non-hydrogen) atoms. The Hall–Kier alpha value is -1.72. The fourth-order valence-electron chi connectivity index (χ4n) is 3.44. The van der Waals surface area contributed by atoms with E-state index >= 15 is 0 Å². The van der Waals surface area contributed by atoms with Gasteiger partial charge in [-0.2, -0.15) is 0 Å². The SMILES string of the molecule is O=C1C2CN(Cc3nccs3)CC2CN1c1ccccc1. The van der Waals surface area contributed by atoms with Gasteiger partial charge in [-0.3, -0.25) is 9.69 Å². The summed E-state index contributed by atoms with van der Waals surface area (Å²) < 4.78 is 0. The summed E-state index contributed by atoms with van der Waals surface area (Å²) in [7, 11) is 0. The van der Waals surface area contributed by atoms with E-state index in [2.05, 4.69) is 9.88 Å². The Kier molecular flexibility index (Phi) is 3.24. The van der Waals surface area contributed by atoms with Crippen molar-refractivity contribution in [1.29, 1.82) is 0 Å². The van der Waals surface area contributed by atoms with Crippen LogP contribution in [-0.4, -0.2) is 35.4 Å². The Labute approximate surface area is 128 Å². The number of anilines is 1. The average molecular weight is 299 g/mol. The molecule has 4 nitrogen and oxygen atoms in total. The van der Waals surface area contributed by atoms with Crippen LogP contribution < -0.4 is 4.90 Å². The topological polar surface area (TPSA) is 36.4 Å². The maximum atomic E-state index is 12.6. The molecule has 5 heteroatoms. The highest BCUT2D eigenvalue weighted by Crippen LogP contribution is 2.35. The summed E-state index contributed by atoms with van der Waals surface area (Å²) >= 11 is 1.69. The fourth-order valence-corrected chi connectivity index (χ4v) is 4.10. The number of benzene rings is 1. The molecule has 108 valence electrons. The molecule has 2 saturated heterocycles. The molecule has 1 amide bonds. The van der Waals surface area contributed by atoms with Crippen LogP contribution in [0.1, 0.15) is 5.01 Å². The summed E-state index contributed by atoms with van der Waals surface area (Å²) in [5.41, 5.74) is 1.03. The summed E-state index contributed by atoms with van der Waals surface area (Å²) in [6.45, 7) is 3.59.